The van der Waals surface area contributed by atoms with E-state index in [1.807, 2.05) is 0 Å². The zero-order chi connectivity index (χ0) is 9.42. The Hall–Kier alpha value is -0.0400. The summed E-state index contributed by atoms with van der Waals surface area (Å²) >= 11 is 0. The molecule has 0 aromatic carbocycles. The lowest BCUT2D eigenvalue weighted by Gasteiger charge is -2.41. The first-order chi connectivity index (χ1) is 6.18. The highest BCUT2D eigenvalue weighted by Gasteiger charge is 2.37. The normalized spacial score (nSPS) is 41.1. The summed E-state index contributed by atoms with van der Waals surface area (Å²) in [5, 5.41) is 0. The third-order valence-electron chi connectivity index (χ3n) is 4.22. The smallest absolute Gasteiger partial charge is 0.0118 e. The Balaban J connectivity index is 2.01. The monoisotopic (exact) mass is 181 g/mol. The molecule has 0 aromatic rings. The first-order valence-corrected chi connectivity index (χ1v) is 5.88. The van der Waals surface area contributed by atoms with E-state index < -0.39 is 0 Å². The second-order valence-electron chi connectivity index (χ2n) is 5.44. The lowest BCUT2D eigenvalue weighted by atomic mass is 9.81. The SMILES string of the molecule is CC(C)C1C[C@@H]2CCC[C@@H]2CN1C. The van der Waals surface area contributed by atoms with Crippen molar-refractivity contribution in [3.63, 3.8) is 0 Å². The second kappa shape index (κ2) is 3.61. The van der Waals surface area contributed by atoms with Crippen molar-refractivity contribution in [1.29, 1.82) is 0 Å². The Morgan fingerprint density at radius 3 is 2.54 bits per heavy atom. The highest BCUT2D eigenvalue weighted by atomic mass is 15.1. The number of piperidine rings is 1. The minimum absolute atomic E-state index is 0.839. The van der Waals surface area contributed by atoms with E-state index in [1.54, 1.807) is 0 Å². The van der Waals surface area contributed by atoms with Crippen molar-refractivity contribution in [2.24, 2.45) is 17.8 Å². The van der Waals surface area contributed by atoms with Crippen molar-refractivity contribution in [1.82, 2.24) is 4.90 Å². The highest BCUT2D eigenvalue weighted by molar-refractivity contribution is 4.90. The summed E-state index contributed by atoms with van der Waals surface area (Å²) in [4.78, 5) is 2.61. The van der Waals surface area contributed by atoms with Gasteiger partial charge in [-0.05, 0) is 37.6 Å². The maximum Gasteiger partial charge on any atom is 0.0118 e. The number of likely N-dealkylation sites (tertiary alicyclic amines) is 1. The van der Waals surface area contributed by atoms with Gasteiger partial charge in [-0.15, -0.1) is 0 Å². The van der Waals surface area contributed by atoms with Gasteiger partial charge in [0.25, 0.3) is 0 Å². The van der Waals surface area contributed by atoms with Gasteiger partial charge in [0.1, 0.15) is 0 Å². The van der Waals surface area contributed by atoms with Gasteiger partial charge < -0.3 is 4.90 Å². The number of fused-ring (bicyclic) bond motifs is 1. The molecular weight excluding hydrogens is 158 g/mol. The average Bonchev–Trinajstić information content (AvgIpc) is 2.48. The van der Waals surface area contributed by atoms with E-state index in [9.17, 15) is 0 Å². The molecule has 1 aliphatic heterocycles. The Kier molecular flexibility index (Phi) is 2.64. The van der Waals surface area contributed by atoms with Gasteiger partial charge in [0.2, 0.25) is 0 Å². The third-order valence-corrected chi connectivity index (χ3v) is 4.22. The van der Waals surface area contributed by atoms with Gasteiger partial charge in [-0.25, -0.2) is 0 Å². The summed E-state index contributed by atoms with van der Waals surface area (Å²) in [5.74, 6) is 2.95. The zero-order valence-electron chi connectivity index (χ0n) is 9.29. The first-order valence-electron chi connectivity index (χ1n) is 5.88. The van der Waals surface area contributed by atoms with Crippen molar-refractivity contribution in [3.8, 4) is 0 Å². The van der Waals surface area contributed by atoms with Crippen LogP contribution in [-0.2, 0) is 0 Å². The van der Waals surface area contributed by atoms with Gasteiger partial charge in [-0.2, -0.15) is 0 Å². The van der Waals surface area contributed by atoms with Crippen molar-refractivity contribution < 1.29 is 0 Å². The molecule has 0 aromatic heterocycles. The standard InChI is InChI=1S/C12H23N/c1-9(2)12-7-10-5-4-6-11(10)8-13(12)3/h9-12H,4-8H2,1-3H3/t10-,11+,12?/m0/s1. The van der Waals surface area contributed by atoms with Gasteiger partial charge in [0.05, 0.1) is 0 Å². The minimum Gasteiger partial charge on any atom is -0.303 e. The van der Waals surface area contributed by atoms with Gasteiger partial charge in [-0.3, -0.25) is 0 Å². The molecule has 2 fully saturated rings. The molecule has 1 heteroatoms. The van der Waals surface area contributed by atoms with Crippen LogP contribution >= 0.6 is 0 Å². The molecule has 1 saturated carbocycles. The van der Waals surface area contributed by atoms with Gasteiger partial charge in [-0.1, -0.05) is 26.7 Å². The van der Waals surface area contributed by atoms with Crippen LogP contribution in [0.25, 0.3) is 0 Å². The van der Waals surface area contributed by atoms with Crippen molar-refractivity contribution in [2.45, 2.75) is 45.6 Å². The quantitative estimate of drug-likeness (QED) is 0.601. The van der Waals surface area contributed by atoms with Crippen LogP contribution in [0.15, 0.2) is 0 Å². The van der Waals surface area contributed by atoms with Crippen LogP contribution in [0.2, 0.25) is 0 Å². The molecule has 3 atom stereocenters. The molecule has 0 N–H and O–H groups in total. The Morgan fingerprint density at radius 2 is 1.85 bits per heavy atom. The minimum atomic E-state index is 0.839. The van der Waals surface area contributed by atoms with E-state index in [2.05, 4.69) is 25.8 Å². The van der Waals surface area contributed by atoms with E-state index in [4.69, 9.17) is 0 Å². The molecule has 2 rings (SSSR count). The lowest BCUT2D eigenvalue weighted by molar-refractivity contribution is 0.0736. The van der Waals surface area contributed by atoms with Crippen LogP contribution < -0.4 is 0 Å². The largest absolute Gasteiger partial charge is 0.303 e. The number of hydrogen-bond acceptors (Lipinski definition) is 1. The number of rotatable bonds is 1. The summed E-state index contributed by atoms with van der Waals surface area (Å²) in [6.45, 7) is 6.11. The Labute approximate surface area is 82.5 Å². The molecule has 1 nitrogen and oxygen atoms in total. The van der Waals surface area contributed by atoms with Crippen LogP contribution in [0.5, 0.6) is 0 Å². The number of nitrogens with zero attached hydrogens (tertiary/aromatic N) is 1. The molecule has 0 spiro atoms. The first kappa shape index (κ1) is 9.51. The van der Waals surface area contributed by atoms with Gasteiger partial charge in [0.15, 0.2) is 0 Å². The van der Waals surface area contributed by atoms with E-state index in [-0.39, 0.29) is 0 Å². The van der Waals surface area contributed by atoms with Gasteiger partial charge >= 0.3 is 0 Å². The Morgan fingerprint density at radius 1 is 1.15 bits per heavy atom. The molecule has 1 saturated heterocycles. The van der Waals surface area contributed by atoms with E-state index >= 15 is 0 Å². The molecule has 13 heavy (non-hydrogen) atoms. The summed E-state index contributed by atoms with van der Waals surface area (Å²) < 4.78 is 0. The second-order valence-corrected chi connectivity index (χ2v) is 5.44. The maximum atomic E-state index is 2.61. The molecule has 0 bridgehead atoms. The molecule has 1 unspecified atom stereocenters. The van der Waals surface area contributed by atoms with Crippen LogP contribution in [-0.4, -0.2) is 24.5 Å². The van der Waals surface area contributed by atoms with Crippen LogP contribution in [0.4, 0.5) is 0 Å². The summed E-state index contributed by atoms with van der Waals surface area (Å²) in [6, 6.07) is 0.861. The molecule has 1 aliphatic carbocycles. The molecule has 1 heterocycles. The predicted molar refractivity (Wildman–Crippen MR) is 56.7 cm³/mol. The van der Waals surface area contributed by atoms with E-state index in [0.29, 0.717) is 0 Å². The van der Waals surface area contributed by atoms with Crippen molar-refractivity contribution in [2.75, 3.05) is 13.6 Å². The third kappa shape index (κ3) is 1.76. The molecule has 0 amide bonds. The fraction of sp³-hybridized carbons (Fsp3) is 1.00. The fourth-order valence-corrected chi connectivity index (χ4v) is 3.44. The summed E-state index contributed by atoms with van der Waals surface area (Å²) in [5.41, 5.74) is 0. The van der Waals surface area contributed by atoms with Crippen molar-refractivity contribution in [3.05, 3.63) is 0 Å². The van der Waals surface area contributed by atoms with Crippen LogP contribution in [0, 0.1) is 17.8 Å². The zero-order valence-corrected chi connectivity index (χ0v) is 9.29. The summed E-state index contributed by atoms with van der Waals surface area (Å²) in [7, 11) is 2.32. The molecule has 0 radical (unpaired) electrons. The van der Waals surface area contributed by atoms with Crippen molar-refractivity contribution >= 4 is 0 Å². The highest BCUT2D eigenvalue weighted by Crippen LogP contribution is 2.40. The molecular formula is C12H23N. The van der Waals surface area contributed by atoms with Gasteiger partial charge in [0, 0.05) is 12.6 Å². The number of hydrogen-bond donors (Lipinski definition) is 0. The maximum absolute atomic E-state index is 2.61. The van der Waals surface area contributed by atoms with Crippen LogP contribution in [0.3, 0.4) is 0 Å². The van der Waals surface area contributed by atoms with Crippen LogP contribution in [0.1, 0.15) is 39.5 Å². The van der Waals surface area contributed by atoms with E-state index in [0.717, 1.165) is 23.8 Å². The fourth-order valence-electron chi connectivity index (χ4n) is 3.44. The Bertz CT molecular complexity index is 176. The summed E-state index contributed by atoms with van der Waals surface area (Å²) in [6.07, 6.45) is 5.98. The predicted octanol–water partition coefficient (Wildman–Crippen LogP) is 2.76. The average molecular weight is 181 g/mol. The topological polar surface area (TPSA) is 3.24 Å². The van der Waals surface area contributed by atoms with E-state index in [1.165, 1.54) is 32.2 Å². The molecule has 76 valence electrons. The molecule has 2 aliphatic rings. The lowest BCUT2D eigenvalue weighted by Crippen LogP contribution is -2.46.